The molecule has 2 rings (SSSR count). The van der Waals surface area contributed by atoms with E-state index in [4.69, 9.17) is 4.74 Å². The third-order valence-electron chi connectivity index (χ3n) is 3.01. The van der Waals surface area contributed by atoms with E-state index in [2.05, 4.69) is 18.7 Å². The van der Waals surface area contributed by atoms with E-state index in [1.807, 2.05) is 0 Å². The van der Waals surface area contributed by atoms with E-state index in [0.717, 1.165) is 25.2 Å². The summed E-state index contributed by atoms with van der Waals surface area (Å²) in [5.41, 5.74) is 0. The molecule has 2 saturated heterocycles. The van der Waals surface area contributed by atoms with E-state index in [-0.39, 0.29) is 0 Å². The molecule has 2 fully saturated rings. The molecule has 11 heavy (non-hydrogen) atoms. The Morgan fingerprint density at radius 3 is 2.91 bits per heavy atom. The number of rotatable bonds is 1. The van der Waals surface area contributed by atoms with Crippen LogP contribution in [-0.2, 0) is 4.74 Å². The van der Waals surface area contributed by atoms with Crippen LogP contribution < -0.4 is 0 Å². The predicted molar refractivity (Wildman–Crippen MR) is 44.6 cm³/mol. The smallest absolute Gasteiger partial charge is 0.0625 e. The Kier molecular flexibility index (Phi) is 1.90. The van der Waals surface area contributed by atoms with Crippen LogP contribution in [0.1, 0.15) is 20.3 Å². The van der Waals surface area contributed by atoms with Gasteiger partial charge in [0.05, 0.1) is 13.2 Å². The Morgan fingerprint density at radius 1 is 1.36 bits per heavy atom. The zero-order valence-electron chi connectivity index (χ0n) is 7.42. The molecule has 2 aliphatic rings. The van der Waals surface area contributed by atoms with Crippen molar-refractivity contribution in [2.45, 2.75) is 32.4 Å². The summed E-state index contributed by atoms with van der Waals surface area (Å²) in [6.07, 6.45) is 1.35. The van der Waals surface area contributed by atoms with E-state index in [1.165, 1.54) is 13.0 Å². The van der Waals surface area contributed by atoms with Gasteiger partial charge in [0.2, 0.25) is 0 Å². The lowest BCUT2D eigenvalue weighted by Crippen LogP contribution is -2.37. The maximum atomic E-state index is 5.45. The monoisotopic (exact) mass is 155 g/mol. The molecule has 2 heteroatoms. The number of hydrogen-bond donors (Lipinski definition) is 0. The molecule has 2 aliphatic heterocycles. The van der Waals surface area contributed by atoms with Crippen LogP contribution in [0.4, 0.5) is 0 Å². The summed E-state index contributed by atoms with van der Waals surface area (Å²) in [6.45, 7) is 7.83. The van der Waals surface area contributed by atoms with Crippen LogP contribution in [0.2, 0.25) is 0 Å². The highest BCUT2D eigenvalue weighted by molar-refractivity contribution is 4.91. The van der Waals surface area contributed by atoms with Gasteiger partial charge in [-0.05, 0) is 26.8 Å². The summed E-state index contributed by atoms with van der Waals surface area (Å²) < 4.78 is 5.45. The molecule has 0 N–H and O–H groups in total. The molecular weight excluding hydrogens is 138 g/mol. The Balaban J connectivity index is 2.03. The fraction of sp³-hybridized carbons (Fsp3) is 1.00. The number of hydrogen-bond acceptors (Lipinski definition) is 2. The summed E-state index contributed by atoms with van der Waals surface area (Å²) in [4.78, 5) is 2.58. The zero-order chi connectivity index (χ0) is 7.84. The van der Waals surface area contributed by atoms with Crippen molar-refractivity contribution in [3.63, 3.8) is 0 Å². The maximum Gasteiger partial charge on any atom is 0.0625 e. The van der Waals surface area contributed by atoms with Gasteiger partial charge < -0.3 is 4.74 Å². The summed E-state index contributed by atoms with van der Waals surface area (Å²) >= 11 is 0. The van der Waals surface area contributed by atoms with Crippen molar-refractivity contribution >= 4 is 0 Å². The molecule has 0 aromatic carbocycles. The summed E-state index contributed by atoms with van der Waals surface area (Å²) in [5, 5.41) is 0. The van der Waals surface area contributed by atoms with Gasteiger partial charge in [-0.1, -0.05) is 0 Å². The van der Waals surface area contributed by atoms with Gasteiger partial charge in [0.1, 0.15) is 0 Å². The van der Waals surface area contributed by atoms with E-state index >= 15 is 0 Å². The van der Waals surface area contributed by atoms with Gasteiger partial charge in [-0.25, -0.2) is 0 Å². The van der Waals surface area contributed by atoms with Gasteiger partial charge in [-0.3, -0.25) is 4.90 Å². The van der Waals surface area contributed by atoms with Gasteiger partial charge in [0.15, 0.2) is 0 Å². The van der Waals surface area contributed by atoms with Crippen molar-refractivity contribution in [3.05, 3.63) is 0 Å². The summed E-state index contributed by atoms with van der Waals surface area (Å²) in [6, 6.07) is 1.45. The highest BCUT2D eigenvalue weighted by Gasteiger charge is 2.39. The molecule has 0 amide bonds. The molecule has 2 heterocycles. The third kappa shape index (κ3) is 1.18. The first-order valence-corrected chi connectivity index (χ1v) is 4.62. The number of nitrogens with zero attached hydrogens (tertiary/aromatic N) is 1. The SMILES string of the molecule is CC(C)N1CCC2COCC21. The second-order valence-electron chi connectivity index (χ2n) is 3.99. The molecule has 0 spiro atoms. The fourth-order valence-corrected chi connectivity index (χ4v) is 2.35. The molecule has 0 aromatic rings. The van der Waals surface area contributed by atoms with E-state index in [9.17, 15) is 0 Å². The Bertz CT molecular complexity index is 146. The van der Waals surface area contributed by atoms with Crippen molar-refractivity contribution < 1.29 is 4.74 Å². The largest absolute Gasteiger partial charge is 0.379 e. The predicted octanol–water partition coefficient (Wildman–Crippen LogP) is 1.12. The van der Waals surface area contributed by atoms with Crippen LogP contribution in [0, 0.1) is 5.92 Å². The van der Waals surface area contributed by atoms with Gasteiger partial charge in [0, 0.05) is 18.0 Å². The van der Waals surface area contributed by atoms with E-state index < -0.39 is 0 Å². The molecule has 64 valence electrons. The van der Waals surface area contributed by atoms with Crippen LogP contribution >= 0.6 is 0 Å². The minimum atomic E-state index is 0.701. The van der Waals surface area contributed by atoms with E-state index in [0.29, 0.717) is 6.04 Å². The average molecular weight is 155 g/mol. The average Bonchev–Trinajstić information content (AvgIpc) is 2.41. The topological polar surface area (TPSA) is 12.5 Å². The Morgan fingerprint density at radius 2 is 2.18 bits per heavy atom. The van der Waals surface area contributed by atoms with Crippen molar-refractivity contribution in [1.29, 1.82) is 0 Å². The molecule has 0 aromatic heterocycles. The molecular formula is C9H17NO. The quantitative estimate of drug-likeness (QED) is 0.562. The first kappa shape index (κ1) is 7.56. The fourth-order valence-electron chi connectivity index (χ4n) is 2.35. The minimum Gasteiger partial charge on any atom is -0.379 e. The number of fused-ring (bicyclic) bond motifs is 1. The van der Waals surface area contributed by atoms with Gasteiger partial charge >= 0.3 is 0 Å². The molecule has 2 atom stereocenters. The van der Waals surface area contributed by atoms with Gasteiger partial charge in [-0.15, -0.1) is 0 Å². The van der Waals surface area contributed by atoms with Crippen molar-refractivity contribution in [2.24, 2.45) is 5.92 Å². The van der Waals surface area contributed by atoms with Gasteiger partial charge in [-0.2, -0.15) is 0 Å². The normalized spacial score (nSPS) is 38.5. The molecule has 0 saturated carbocycles. The third-order valence-corrected chi connectivity index (χ3v) is 3.01. The highest BCUT2D eigenvalue weighted by Crippen LogP contribution is 2.30. The molecule has 0 bridgehead atoms. The standard InChI is InChI=1S/C9H17NO/c1-7(2)10-4-3-8-5-11-6-9(8)10/h7-9H,3-6H2,1-2H3. The number of likely N-dealkylation sites (tertiary alicyclic amines) is 1. The second kappa shape index (κ2) is 2.76. The molecule has 2 nitrogen and oxygen atoms in total. The van der Waals surface area contributed by atoms with Crippen molar-refractivity contribution in [1.82, 2.24) is 4.90 Å². The van der Waals surface area contributed by atoms with Crippen LogP contribution in [0.3, 0.4) is 0 Å². The van der Waals surface area contributed by atoms with Crippen LogP contribution in [0.5, 0.6) is 0 Å². The molecule has 2 unspecified atom stereocenters. The van der Waals surface area contributed by atoms with Gasteiger partial charge in [0.25, 0.3) is 0 Å². The minimum absolute atomic E-state index is 0.701. The molecule has 0 radical (unpaired) electrons. The second-order valence-corrected chi connectivity index (χ2v) is 3.99. The lowest BCUT2D eigenvalue weighted by molar-refractivity contribution is 0.131. The first-order chi connectivity index (χ1) is 5.29. The summed E-state index contributed by atoms with van der Waals surface area (Å²) in [5.74, 6) is 0.845. The lowest BCUT2D eigenvalue weighted by Gasteiger charge is -2.26. The van der Waals surface area contributed by atoms with Crippen LogP contribution in [0.25, 0.3) is 0 Å². The summed E-state index contributed by atoms with van der Waals surface area (Å²) in [7, 11) is 0. The van der Waals surface area contributed by atoms with Crippen molar-refractivity contribution in [3.8, 4) is 0 Å². The first-order valence-electron chi connectivity index (χ1n) is 4.62. The molecule has 0 aliphatic carbocycles. The van der Waals surface area contributed by atoms with Crippen LogP contribution in [-0.4, -0.2) is 36.7 Å². The Labute approximate surface area is 68.5 Å². The Hall–Kier alpha value is -0.0800. The maximum absolute atomic E-state index is 5.45. The van der Waals surface area contributed by atoms with E-state index in [1.54, 1.807) is 0 Å². The number of ether oxygens (including phenoxy) is 1. The van der Waals surface area contributed by atoms with Crippen molar-refractivity contribution in [2.75, 3.05) is 19.8 Å². The zero-order valence-corrected chi connectivity index (χ0v) is 7.42. The lowest BCUT2D eigenvalue weighted by atomic mass is 10.0. The van der Waals surface area contributed by atoms with Crippen LogP contribution in [0.15, 0.2) is 0 Å². The highest BCUT2D eigenvalue weighted by atomic mass is 16.5.